The molecule has 3 rings (SSSR count). The van der Waals surface area contributed by atoms with Crippen molar-refractivity contribution in [2.75, 3.05) is 7.11 Å². The molecule has 116 valence electrons. The first-order chi connectivity index (χ1) is 10.00. The lowest BCUT2D eigenvalue weighted by Crippen LogP contribution is -2.38. The first-order valence-corrected chi connectivity index (χ1v) is 8.15. The molecule has 0 unspecified atom stereocenters. The molecule has 0 bridgehead atoms. The van der Waals surface area contributed by atoms with Gasteiger partial charge >= 0.3 is 0 Å². The molecule has 1 fully saturated rings. The summed E-state index contributed by atoms with van der Waals surface area (Å²) >= 11 is 0. The van der Waals surface area contributed by atoms with Crippen LogP contribution in [-0.2, 0) is 29.8 Å². The Morgan fingerprint density at radius 2 is 1.81 bits per heavy atom. The highest BCUT2D eigenvalue weighted by atomic mass is 16.5. The summed E-state index contributed by atoms with van der Waals surface area (Å²) in [6, 6.07) is 0. The number of hydrogen-bond acceptors (Lipinski definition) is 4. The summed E-state index contributed by atoms with van der Waals surface area (Å²) in [5.74, 6) is 0.916. The summed E-state index contributed by atoms with van der Waals surface area (Å²) in [5, 5.41) is 3.39. The van der Waals surface area contributed by atoms with Crippen LogP contribution in [0.2, 0.25) is 0 Å². The lowest BCUT2D eigenvalue weighted by molar-refractivity contribution is -0.0731. The predicted octanol–water partition coefficient (Wildman–Crippen LogP) is 3.08. The topological polar surface area (TPSA) is 47.0 Å². The molecule has 2 heterocycles. The maximum absolute atomic E-state index is 5.97. The van der Waals surface area contributed by atoms with Crippen molar-refractivity contribution >= 4 is 0 Å². The molecule has 0 radical (unpaired) electrons. The maximum Gasteiger partial charge on any atom is 0.160 e. The van der Waals surface area contributed by atoms with Crippen molar-refractivity contribution in [3.8, 4) is 0 Å². The largest absolute Gasteiger partial charge is 0.370 e. The second-order valence-electron chi connectivity index (χ2n) is 7.24. The van der Waals surface area contributed by atoms with Crippen LogP contribution in [0.25, 0.3) is 0 Å². The Hall–Kier alpha value is -1.00. The fraction of sp³-hybridized carbons (Fsp3) is 0.765. The summed E-state index contributed by atoms with van der Waals surface area (Å²) in [7, 11) is 1.82. The first kappa shape index (κ1) is 14.9. The van der Waals surface area contributed by atoms with Gasteiger partial charge in [-0.3, -0.25) is 0 Å². The average Bonchev–Trinajstić information content (AvgIpc) is 2.95. The van der Waals surface area contributed by atoms with Crippen LogP contribution in [0.3, 0.4) is 0 Å². The zero-order chi connectivity index (χ0) is 15.1. The molecule has 4 nitrogen and oxygen atoms in total. The van der Waals surface area contributed by atoms with E-state index in [-0.39, 0.29) is 5.60 Å². The Labute approximate surface area is 127 Å². The van der Waals surface area contributed by atoms with E-state index in [2.05, 4.69) is 26.1 Å². The van der Waals surface area contributed by atoms with Crippen molar-refractivity contribution in [2.45, 2.75) is 71.6 Å². The monoisotopic (exact) mass is 289 g/mol. The summed E-state index contributed by atoms with van der Waals surface area (Å²) in [4.78, 5) is 9.78. The maximum atomic E-state index is 5.97. The van der Waals surface area contributed by atoms with Crippen molar-refractivity contribution in [2.24, 2.45) is 5.41 Å². The average molecular weight is 289 g/mol. The van der Waals surface area contributed by atoms with E-state index < -0.39 is 0 Å². The number of rotatable bonds is 3. The van der Waals surface area contributed by atoms with Crippen molar-refractivity contribution in [1.82, 2.24) is 15.3 Å². The molecular formula is C17H27N3O. The third-order valence-corrected chi connectivity index (χ3v) is 5.32. The quantitative estimate of drug-likeness (QED) is 0.929. The molecule has 0 atom stereocenters. The molecule has 1 aliphatic heterocycles. The third kappa shape index (κ3) is 2.59. The van der Waals surface area contributed by atoms with Crippen molar-refractivity contribution < 1.29 is 4.74 Å². The van der Waals surface area contributed by atoms with Crippen molar-refractivity contribution in [3.63, 3.8) is 0 Å². The van der Waals surface area contributed by atoms with Gasteiger partial charge in [-0.05, 0) is 37.5 Å². The van der Waals surface area contributed by atoms with E-state index >= 15 is 0 Å². The van der Waals surface area contributed by atoms with Gasteiger partial charge in [-0.25, -0.2) is 9.97 Å². The van der Waals surface area contributed by atoms with E-state index in [1.165, 1.54) is 29.8 Å². The number of ether oxygens (including phenoxy) is 1. The van der Waals surface area contributed by atoms with Gasteiger partial charge in [0.2, 0.25) is 0 Å². The molecule has 4 heteroatoms. The highest BCUT2D eigenvalue weighted by Gasteiger charge is 2.42. The number of fused-ring (bicyclic) bond motifs is 1. The van der Waals surface area contributed by atoms with E-state index in [9.17, 15) is 0 Å². The van der Waals surface area contributed by atoms with E-state index in [0.29, 0.717) is 5.41 Å². The zero-order valence-electron chi connectivity index (χ0n) is 13.8. The molecule has 1 aromatic heterocycles. The molecule has 0 amide bonds. The van der Waals surface area contributed by atoms with Crippen molar-refractivity contribution in [1.29, 1.82) is 0 Å². The van der Waals surface area contributed by atoms with Gasteiger partial charge < -0.3 is 10.1 Å². The van der Waals surface area contributed by atoms with E-state index in [1.54, 1.807) is 0 Å². The lowest BCUT2D eigenvalue weighted by Gasteiger charge is -2.41. The van der Waals surface area contributed by atoms with Crippen LogP contribution in [0.4, 0.5) is 0 Å². The molecule has 1 N–H and O–H groups in total. The van der Waals surface area contributed by atoms with Gasteiger partial charge in [0.15, 0.2) is 5.82 Å². The zero-order valence-corrected chi connectivity index (χ0v) is 13.8. The Morgan fingerprint density at radius 1 is 1.10 bits per heavy atom. The molecule has 1 saturated carbocycles. The highest BCUT2D eigenvalue weighted by Crippen LogP contribution is 2.46. The Kier molecular flexibility index (Phi) is 3.78. The molecular weight excluding hydrogens is 262 g/mol. The molecule has 21 heavy (non-hydrogen) atoms. The van der Waals surface area contributed by atoms with Gasteiger partial charge in [0, 0.05) is 31.5 Å². The van der Waals surface area contributed by atoms with Gasteiger partial charge in [0.25, 0.3) is 0 Å². The number of nitrogens with zero attached hydrogens (tertiary/aromatic N) is 2. The standard InChI is InChI=1S/C17H27N3O/c1-5-13-12-10-18-11-14(12)20-15(19-13)17(21-4)8-6-16(2,3)7-9-17/h18H,5-11H2,1-4H3. The van der Waals surface area contributed by atoms with Gasteiger partial charge in [-0.2, -0.15) is 0 Å². The minimum atomic E-state index is -0.281. The summed E-state index contributed by atoms with van der Waals surface area (Å²) in [5.41, 5.74) is 3.81. The van der Waals surface area contributed by atoms with Gasteiger partial charge in [0.1, 0.15) is 5.60 Å². The normalized spacial score (nSPS) is 23.0. The molecule has 1 aromatic rings. The highest BCUT2D eigenvalue weighted by molar-refractivity contribution is 5.30. The molecule has 0 saturated heterocycles. The number of aromatic nitrogens is 2. The molecule has 2 aliphatic rings. The van der Waals surface area contributed by atoms with Crippen LogP contribution in [0.5, 0.6) is 0 Å². The molecule has 0 spiro atoms. The second kappa shape index (κ2) is 5.33. The number of aryl methyl sites for hydroxylation is 1. The first-order valence-electron chi connectivity index (χ1n) is 8.15. The predicted molar refractivity (Wildman–Crippen MR) is 82.9 cm³/mol. The summed E-state index contributed by atoms with van der Waals surface area (Å²) in [6.45, 7) is 8.64. The van der Waals surface area contributed by atoms with Crippen LogP contribution >= 0.6 is 0 Å². The molecule has 0 aromatic carbocycles. The van der Waals surface area contributed by atoms with Crippen LogP contribution in [-0.4, -0.2) is 17.1 Å². The molecule has 1 aliphatic carbocycles. The number of nitrogens with one attached hydrogen (secondary N) is 1. The minimum absolute atomic E-state index is 0.281. The Morgan fingerprint density at radius 3 is 2.43 bits per heavy atom. The lowest BCUT2D eigenvalue weighted by atomic mass is 9.70. The van der Waals surface area contributed by atoms with E-state index in [4.69, 9.17) is 14.7 Å². The Balaban J connectivity index is 1.98. The van der Waals surface area contributed by atoms with E-state index in [1.807, 2.05) is 7.11 Å². The van der Waals surface area contributed by atoms with Gasteiger partial charge in [0.05, 0.1) is 5.69 Å². The summed E-state index contributed by atoms with van der Waals surface area (Å²) in [6.07, 6.45) is 5.34. The SMILES string of the molecule is CCc1nc(C2(OC)CCC(C)(C)CC2)nc2c1CNC2. The fourth-order valence-electron chi connectivity index (χ4n) is 3.58. The summed E-state index contributed by atoms with van der Waals surface area (Å²) < 4.78 is 5.97. The number of hydrogen-bond donors (Lipinski definition) is 1. The fourth-order valence-corrected chi connectivity index (χ4v) is 3.58. The number of methoxy groups -OCH3 is 1. The smallest absolute Gasteiger partial charge is 0.160 e. The van der Waals surface area contributed by atoms with E-state index in [0.717, 1.165) is 38.2 Å². The van der Waals surface area contributed by atoms with Crippen LogP contribution in [0.1, 0.15) is 69.2 Å². The van der Waals surface area contributed by atoms with Gasteiger partial charge in [-0.1, -0.05) is 20.8 Å². The van der Waals surface area contributed by atoms with Crippen molar-refractivity contribution in [3.05, 3.63) is 22.8 Å². The third-order valence-electron chi connectivity index (χ3n) is 5.32. The van der Waals surface area contributed by atoms with Crippen LogP contribution in [0.15, 0.2) is 0 Å². The second-order valence-corrected chi connectivity index (χ2v) is 7.24. The minimum Gasteiger partial charge on any atom is -0.370 e. The van der Waals surface area contributed by atoms with Gasteiger partial charge in [-0.15, -0.1) is 0 Å². The van der Waals surface area contributed by atoms with Crippen LogP contribution in [0, 0.1) is 5.41 Å². The van der Waals surface area contributed by atoms with Crippen LogP contribution < -0.4 is 5.32 Å². The Bertz CT molecular complexity index is 529.